The number of hydrogen-bond donors (Lipinski definition) is 1. The van der Waals surface area contributed by atoms with Crippen molar-refractivity contribution in [2.75, 3.05) is 13.7 Å². The fourth-order valence-corrected chi connectivity index (χ4v) is 2.28. The van der Waals surface area contributed by atoms with Gasteiger partial charge in [-0.05, 0) is 43.7 Å². The SMILES string of the molecule is COc1ccc(-c2cc(C3CCCN3)no2)cc1. The Bertz CT molecular complexity index is 513. The molecule has 0 spiro atoms. The Balaban J connectivity index is 1.82. The van der Waals surface area contributed by atoms with Gasteiger partial charge in [0.1, 0.15) is 11.4 Å². The molecule has 18 heavy (non-hydrogen) atoms. The third kappa shape index (κ3) is 2.11. The first-order chi connectivity index (χ1) is 8.86. The van der Waals surface area contributed by atoms with Crippen LogP contribution >= 0.6 is 0 Å². The maximum Gasteiger partial charge on any atom is 0.167 e. The van der Waals surface area contributed by atoms with Crippen LogP contribution in [0.25, 0.3) is 11.3 Å². The number of nitrogens with zero attached hydrogens (tertiary/aromatic N) is 1. The Labute approximate surface area is 106 Å². The van der Waals surface area contributed by atoms with Crippen molar-refractivity contribution in [1.82, 2.24) is 10.5 Å². The molecule has 2 aromatic rings. The van der Waals surface area contributed by atoms with Crippen LogP contribution in [-0.2, 0) is 0 Å². The molecular formula is C14H16N2O2. The normalized spacial score (nSPS) is 19.1. The molecule has 1 aliphatic heterocycles. The van der Waals surface area contributed by atoms with Gasteiger partial charge in [0.25, 0.3) is 0 Å². The summed E-state index contributed by atoms with van der Waals surface area (Å²) in [5, 5.41) is 7.56. The quantitative estimate of drug-likeness (QED) is 0.901. The van der Waals surface area contributed by atoms with Gasteiger partial charge in [-0.3, -0.25) is 0 Å². The molecule has 2 heterocycles. The van der Waals surface area contributed by atoms with Gasteiger partial charge < -0.3 is 14.6 Å². The number of hydrogen-bond acceptors (Lipinski definition) is 4. The van der Waals surface area contributed by atoms with Gasteiger partial charge in [0.15, 0.2) is 5.76 Å². The van der Waals surface area contributed by atoms with E-state index >= 15 is 0 Å². The average molecular weight is 244 g/mol. The van der Waals surface area contributed by atoms with E-state index in [-0.39, 0.29) is 0 Å². The molecule has 1 unspecified atom stereocenters. The molecule has 0 saturated carbocycles. The Morgan fingerprint density at radius 2 is 2.17 bits per heavy atom. The van der Waals surface area contributed by atoms with E-state index in [1.165, 1.54) is 6.42 Å². The molecule has 94 valence electrons. The lowest BCUT2D eigenvalue weighted by molar-refractivity contribution is 0.410. The van der Waals surface area contributed by atoms with E-state index in [4.69, 9.17) is 9.26 Å². The highest BCUT2D eigenvalue weighted by atomic mass is 16.5. The molecule has 1 fully saturated rings. The van der Waals surface area contributed by atoms with Gasteiger partial charge in [0.05, 0.1) is 13.2 Å². The van der Waals surface area contributed by atoms with E-state index in [0.29, 0.717) is 6.04 Å². The molecule has 0 aliphatic carbocycles. The van der Waals surface area contributed by atoms with Gasteiger partial charge in [0.2, 0.25) is 0 Å². The molecule has 1 aliphatic rings. The summed E-state index contributed by atoms with van der Waals surface area (Å²) in [5.74, 6) is 1.65. The number of ether oxygens (including phenoxy) is 1. The number of rotatable bonds is 3. The Morgan fingerprint density at radius 1 is 1.33 bits per heavy atom. The monoisotopic (exact) mass is 244 g/mol. The lowest BCUT2D eigenvalue weighted by Gasteiger charge is -2.03. The second kappa shape index (κ2) is 4.82. The molecule has 1 aromatic heterocycles. The molecule has 4 heteroatoms. The summed E-state index contributed by atoms with van der Waals surface area (Å²) < 4.78 is 10.5. The van der Waals surface area contributed by atoms with Crippen LogP contribution in [0.15, 0.2) is 34.9 Å². The lowest BCUT2D eigenvalue weighted by atomic mass is 10.1. The Hall–Kier alpha value is -1.81. The molecular weight excluding hydrogens is 228 g/mol. The Morgan fingerprint density at radius 3 is 2.83 bits per heavy atom. The van der Waals surface area contributed by atoms with Crippen LogP contribution < -0.4 is 10.1 Å². The minimum absolute atomic E-state index is 0.348. The molecule has 4 nitrogen and oxygen atoms in total. The van der Waals surface area contributed by atoms with Gasteiger partial charge in [-0.15, -0.1) is 0 Å². The maximum atomic E-state index is 5.41. The lowest BCUT2D eigenvalue weighted by Crippen LogP contribution is -2.12. The summed E-state index contributed by atoms with van der Waals surface area (Å²) in [6.45, 7) is 1.06. The zero-order valence-corrected chi connectivity index (χ0v) is 10.3. The van der Waals surface area contributed by atoms with E-state index in [0.717, 1.165) is 35.7 Å². The highest BCUT2D eigenvalue weighted by molar-refractivity contribution is 5.58. The van der Waals surface area contributed by atoms with Gasteiger partial charge in [0, 0.05) is 11.6 Å². The van der Waals surface area contributed by atoms with E-state index in [1.807, 2.05) is 30.3 Å². The van der Waals surface area contributed by atoms with Crippen LogP contribution in [0.1, 0.15) is 24.6 Å². The highest BCUT2D eigenvalue weighted by Crippen LogP contribution is 2.28. The van der Waals surface area contributed by atoms with Crippen molar-refractivity contribution in [2.45, 2.75) is 18.9 Å². The molecule has 1 N–H and O–H groups in total. The van der Waals surface area contributed by atoms with Crippen LogP contribution in [-0.4, -0.2) is 18.8 Å². The van der Waals surface area contributed by atoms with Crippen LogP contribution in [0.2, 0.25) is 0 Å². The van der Waals surface area contributed by atoms with E-state index in [1.54, 1.807) is 7.11 Å². The van der Waals surface area contributed by atoms with E-state index in [2.05, 4.69) is 10.5 Å². The van der Waals surface area contributed by atoms with Crippen molar-refractivity contribution < 1.29 is 9.26 Å². The summed E-state index contributed by atoms with van der Waals surface area (Å²) in [6, 6.07) is 10.2. The maximum absolute atomic E-state index is 5.41. The van der Waals surface area contributed by atoms with Crippen LogP contribution in [0, 0.1) is 0 Å². The molecule has 0 amide bonds. The van der Waals surface area contributed by atoms with Crippen molar-refractivity contribution >= 4 is 0 Å². The summed E-state index contributed by atoms with van der Waals surface area (Å²) in [4.78, 5) is 0. The first-order valence-electron chi connectivity index (χ1n) is 6.21. The second-order valence-corrected chi connectivity index (χ2v) is 4.49. The molecule has 0 bridgehead atoms. The number of nitrogens with one attached hydrogen (secondary N) is 1. The van der Waals surface area contributed by atoms with Crippen molar-refractivity contribution in [3.05, 3.63) is 36.0 Å². The summed E-state index contributed by atoms with van der Waals surface area (Å²) in [6.07, 6.45) is 2.34. The van der Waals surface area contributed by atoms with Crippen LogP contribution in [0.3, 0.4) is 0 Å². The fraction of sp³-hybridized carbons (Fsp3) is 0.357. The number of methoxy groups -OCH3 is 1. The van der Waals surface area contributed by atoms with Crippen LogP contribution in [0.5, 0.6) is 5.75 Å². The first-order valence-corrected chi connectivity index (χ1v) is 6.21. The predicted molar refractivity (Wildman–Crippen MR) is 68.5 cm³/mol. The smallest absolute Gasteiger partial charge is 0.167 e. The molecule has 3 rings (SSSR count). The predicted octanol–water partition coefficient (Wildman–Crippen LogP) is 2.77. The molecule has 1 atom stereocenters. The Kier molecular flexibility index (Phi) is 3.02. The summed E-state index contributed by atoms with van der Waals surface area (Å²) in [7, 11) is 1.66. The van der Waals surface area contributed by atoms with Gasteiger partial charge in [-0.2, -0.15) is 0 Å². The third-order valence-corrected chi connectivity index (χ3v) is 3.32. The third-order valence-electron chi connectivity index (χ3n) is 3.32. The summed E-state index contributed by atoms with van der Waals surface area (Å²) in [5.41, 5.74) is 2.02. The fourth-order valence-electron chi connectivity index (χ4n) is 2.28. The topological polar surface area (TPSA) is 47.3 Å². The molecule has 1 saturated heterocycles. The van der Waals surface area contributed by atoms with E-state index in [9.17, 15) is 0 Å². The molecule has 0 radical (unpaired) electrons. The van der Waals surface area contributed by atoms with Gasteiger partial charge in [-0.25, -0.2) is 0 Å². The van der Waals surface area contributed by atoms with Gasteiger partial charge >= 0.3 is 0 Å². The van der Waals surface area contributed by atoms with Gasteiger partial charge in [-0.1, -0.05) is 5.16 Å². The van der Waals surface area contributed by atoms with Crippen LogP contribution in [0.4, 0.5) is 0 Å². The van der Waals surface area contributed by atoms with Crippen molar-refractivity contribution in [2.24, 2.45) is 0 Å². The molecule has 1 aromatic carbocycles. The number of aromatic nitrogens is 1. The largest absolute Gasteiger partial charge is 0.497 e. The zero-order valence-electron chi connectivity index (χ0n) is 10.3. The standard InChI is InChI=1S/C14H16N2O2/c1-17-11-6-4-10(5-7-11)14-9-13(16-18-14)12-3-2-8-15-12/h4-7,9,12,15H,2-3,8H2,1H3. The highest BCUT2D eigenvalue weighted by Gasteiger charge is 2.20. The zero-order chi connectivity index (χ0) is 12.4. The van der Waals surface area contributed by atoms with Crippen molar-refractivity contribution in [1.29, 1.82) is 0 Å². The average Bonchev–Trinajstić information content (AvgIpc) is 3.09. The first kappa shape index (κ1) is 11.3. The van der Waals surface area contributed by atoms with E-state index < -0.39 is 0 Å². The van der Waals surface area contributed by atoms with Crippen molar-refractivity contribution in [3.8, 4) is 17.1 Å². The second-order valence-electron chi connectivity index (χ2n) is 4.49. The minimum Gasteiger partial charge on any atom is -0.497 e. The van der Waals surface area contributed by atoms with Crippen molar-refractivity contribution in [3.63, 3.8) is 0 Å². The number of benzene rings is 1. The minimum atomic E-state index is 0.348. The summed E-state index contributed by atoms with van der Waals surface area (Å²) >= 11 is 0.